The van der Waals surface area contributed by atoms with Gasteiger partial charge in [-0.3, -0.25) is 0 Å². The predicted octanol–water partition coefficient (Wildman–Crippen LogP) is 4.61. The van der Waals surface area contributed by atoms with Crippen LogP contribution < -0.4 is 4.74 Å². The summed E-state index contributed by atoms with van der Waals surface area (Å²) >= 11 is 0. The Morgan fingerprint density at radius 1 is 1.09 bits per heavy atom. The zero-order chi connectivity index (χ0) is 15.6. The first kappa shape index (κ1) is 15.1. The first-order valence-electron chi connectivity index (χ1n) is 7.41. The number of phosphoric acid groups is 1. The van der Waals surface area contributed by atoms with Crippen molar-refractivity contribution in [3.63, 3.8) is 0 Å². The van der Waals surface area contributed by atoms with Gasteiger partial charge in [0.15, 0.2) is 0 Å². The maximum absolute atomic E-state index is 11.5. The number of phosphoric ester groups is 1. The van der Waals surface area contributed by atoms with Crippen LogP contribution in [0.5, 0.6) is 5.75 Å². The van der Waals surface area contributed by atoms with Gasteiger partial charge in [-0.05, 0) is 25.5 Å². The van der Waals surface area contributed by atoms with Crippen molar-refractivity contribution in [2.45, 2.75) is 45.8 Å². The molecule has 1 unspecified atom stereocenters. The summed E-state index contributed by atoms with van der Waals surface area (Å²) in [7, 11) is -3.39. The molecule has 0 saturated carbocycles. The topological polar surface area (TPSA) is 63.2 Å². The number of benzene rings is 1. The van der Waals surface area contributed by atoms with E-state index >= 15 is 0 Å². The number of unbranched alkanes of at least 4 members (excludes halogenated alkanes) is 2. The largest absolute Gasteiger partial charge is 0.654 e. The molecule has 7 heteroatoms. The van der Waals surface area contributed by atoms with Gasteiger partial charge in [-0.25, -0.2) is 0 Å². The third kappa shape index (κ3) is 3.33. The van der Waals surface area contributed by atoms with E-state index in [0.717, 1.165) is 24.8 Å². The average molecular weight is 326 g/mol. The van der Waals surface area contributed by atoms with Crippen molar-refractivity contribution >= 4 is 7.82 Å². The van der Waals surface area contributed by atoms with Crippen molar-refractivity contribution < 1.29 is 27.6 Å². The van der Waals surface area contributed by atoms with Gasteiger partial charge >= 0.3 is 19.7 Å². The summed E-state index contributed by atoms with van der Waals surface area (Å²) in [5.74, 6) is 0.754. The molecule has 3 aliphatic rings. The average Bonchev–Trinajstić information content (AvgIpc) is 2.93. The fourth-order valence-corrected chi connectivity index (χ4v) is 3.09. The number of aryl methyl sites for hydroxylation is 1. The number of ether oxygens (including phenoxy) is 2. The molecule has 120 valence electrons. The molecule has 0 aliphatic carbocycles. The Hall–Kier alpha value is -1.81. The fourth-order valence-electron chi connectivity index (χ4n) is 2.12. The molecule has 1 saturated heterocycles. The molecular weight excluding hydrogens is 307 g/mol. The summed E-state index contributed by atoms with van der Waals surface area (Å²) in [6.07, 6.45) is 3.27. The lowest BCUT2D eigenvalue weighted by Gasteiger charge is -2.19. The summed E-state index contributed by atoms with van der Waals surface area (Å²) in [5.41, 5.74) is 1.15. The van der Waals surface area contributed by atoms with Gasteiger partial charge < -0.3 is 23.0 Å². The highest BCUT2D eigenvalue weighted by molar-refractivity contribution is 7.50. The van der Waals surface area contributed by atoms with Gasteiger partial charge in [0.05, 0.1) is 0 Å². The maximum atomic E-state index is 11.5. The fraction of sp³-hybridized carbons (Fsp3) is 0.467. The van der Waals surface area contributed by atoms with E-state index in [1.807, 2.05) is 31.2 Å². The molecule has 6 nitrogen and oxygen atoms in total. The van der Waals surface area contributed by atoms with E-state index in [4.69, 9.17) is 23.0 Å². The molecule has 22 heavy (non-hydrogen) atoms. The Labute approximate surface area is 129 Å². The third-order valence-corrected chi connectivity index (χ3v) is 4.49. The molecule has 3 aliphatic heterocycles. The Morgan fingerprint density at radius 2 is 1.82 bits per heavy atom. The normalized spacial score (nSPS) is 18.6. The van der Waals surface area contributed by atoms with Crippen LogP contribution in [0.3, 0.4) is 0 Å². The highest BCUT2D eigenvalue weighted by Crippen LogP contribution is 2.70. The Balaban J connectivity index is 1.63. The highest BCUT2D eigenvalue weighted by Gasteiger charge is 2.58. The van der Waals surface area contributed by atoms with Crippen molar-refractivity contribution in [3.05, 3.63) is 41.7 Å². The summed E-state index contributed by atoms with van der Waals surface area (Å²) < 4.78 is 37.7. The molecule has 3 heterocycles. The van der Waals surface area contributed by atoms with Crippen LogP contribution >= 0.6 is 7.82 Å². The van der Waals surface area contributed by atoms with Crippen molar-refractivity contribution in [2.24, 2.45) is 0 Å². The summed E-state index contributed by atoms with van der Waals surface area (Å²) in [6, 6.07) is 7.70. The first-order valence-corrected chi connectivity index (χ1v) is 8.87. The molecule has 1 fully saturated rings. The molecule has 0 spiro atoms. The molecule has 0 radical (unpaired) electrons. The van der Waals surface area contributed by atoms with Crippen LogP contribution in [0.2, 0.25) is 0 Å². The van der Waals surface area contributed by atoms with Crippen molar-refractivity contribution in [1.29, 1.82) is 0 Å². The summed E-state index contributed by atoms with van der Waals surface area (Å²) in [4.78, 5) is 0. The standard InChI is InChI=1S/C15H19O6P/c1-3-4-5-6-13(17-12-9-7-11(2)8-10-12)18-14-15-20-22(16,19-14)21-15/h7-10,13H,3-6H2,1-2H3. The minimum absolute atomic E-state index is 0.0111. The van der Waals surface area contributed by atoms with Gasteiger partial charge in [-0.2, -0.15) is 4.57 Å². The zero-order valence-electron chi connectivity index (χ0n) is 12.6. The number of hydrogen-bond acceptors (Lipinski definition) is 6. The molecule has 0 amide bonds. The van der Waals surface area contributed by atoms with Crippen LogP contribution in [0.25, 0.3) is 0 Å². The Bertz CT molecular complexity index is 597. The van der Waals surface area contributed by atoms with Crippen molar-refractivity contribution in [3.8, 4) is 5.75 Å². The Kier molecular flexibility index (Phi) is 4.21. The summed E-state index contributed by atoms with van der Waals surface area (Å²) in [6.45, 7) is 4.14. The van der Waals surface area contributed by atoms with E-state index in [0.29, 0.717) is 12.2 Å². The smallest absolute Gasteiger partial charge is 0.455 e. The van der Waals surface area contributed by atoms with Crippen molar-refractivity contribution in [2.75, 3.05) is 0 Å². The molecular formula is C15H19O6P. The minimum Gasteiger partial charge on any atom is -0.455 e. The second-order valence-corrected chi connectivity index (χ2v) is 6.71. The molecule has 1 aromatic carbocycles. The molecule has 4 rings (SSSR count). The second kappa shape index (κ2) is 6.13. The number of hydrogen-bond donors (Lipinski definition) is 0. The van der Waals surface area contributed by atoms with Crippen LogP contribution in [0, 0.1) is 6.92 Å². The first-order chi connectivity index (χ1) is 10.6. The van der Waals surface area contributed by atoms with E-state index in [2.05, 4.69) is 6.92 Å². The summed E-state index contributed by atoms with van der Waals surface area (Å²) in [5, 5.41) is 0. The van der Waals surface area contributed by atoms with E-state index in [1.54, 1.807) is 0 Å². The minimum atomic E-state index is -3.39. The quantitative estimate of drug-likeness (QED) is 0.395. The zero-order valence-corrected chi connectivity index (χ0v) is 13.5. The van der Waals surface area contributed by atoms with Crippen LogP contribution in [0.1, 0.15) is 38.2 Å². The van der Waals surface area contributed by atoms with Gasteiger partial charge in [-0.15, -0.1) is 0 Å². The van der Waals surface area contributed by atoms with Gasteiger partial charge in [0.2, 0.25) is 6.29 Å². The van der Waals surface area contributed by atoms with Crippen LogP contribution in [-0.2, 0) is 22.9 Å². The van der Waals surface area contributed by atoms with Crippen LogP contribution in [0.15, 0.2) is 36.2 Å². The number of rotatable bonds is 8. The van der Waals surface area contributed by atoms with Gasteiger partial charge in [0, 0.05) is 6.42 Å². The van der Waals surface area contributed by atoms with Gasteiger partial charge in [0.1, 0.15) is 5.75 Å². The van der Waals surface area contributed by atoms with Crippen LogP contribution in [0.4, 0.5) is 0 Å². The SMILES string of the molecule is CCCCCC(OC1=C2OP(=O)(O1)O2)Oc1ccc(C)cc1. The molecule has 0 N–H and O–H groups in total. The van der Waals surface area contributed by atoms with Gasteiger partial charge in [-0.1, -0.05) is 37.5 Å². The lowest BCUT2D eigenvalue weighted by Crippen LogP contribution is -2.20. The predicted molar refractivity (Wildman–Crippen MR) is 78.7 cm³/mol. The lowest BCUT2D eigenvalue weighted by molar-refractivity contribution is -0.0803. The Morgan fingerprint density at radius 3 is 2.41 bits per heavy atom. The second-order valence-electron chi connectivity index (χ2n) is 5.27. The molecule has 0 aromatic heterocycles. The van der Waals surface area contributed by atoms with E-state index in [-0.39, 0.29) is 11.9 Å². The van der Waals surface area contributed by atoms with Crippen molar-refractivity contribution in [1.82, 2.24) is 0 Å². The molecule has 2 bridgehead atoms. The lowest BCUT2D eigenvalue weighted by atomic mass is 10.2. The highest BCUT2D eigenvalue weighted by atomic mass is 31.2. The van der Waals surface area contributed by atoms with E-state index in [1.165, 1.54) is 0 Å². The van der Waals surface area contributed by atoms with E-state index in [9.17, 15) is 4.57 Å². The van der Waals surface area contributed by atoms with E-state index < -0.39 is 14.1 Å². The maximum Gasteiger partial charge on any atom is 0.654 e. The van der Waals surface area contributed by atoms with Crippen LogP contribution in [-0.4, -0.2) is 6.29 Å². The third-order valence-electron chi connectivity index (χ3n) is 3.32. The monoisotopic (exact) mass is 326 g/mol. The number of fused-ring (bicyclic) bond motifs is 1. The molecule has 1 aromatic rings. The van der Waals surface area contributed by atoms with Gasteiger partial charge in [0.25, 0.3) is 0 Å². The molecule has 1 atom stereocenters.